The van der Waals surface area contributed by atoms with Gasteiger partial charge in [-0.05, 0) is 32.7 Å². The number of piperazine rings is 1. The molecule has 16 heavy (non-hydrogen) atoms. The van der Waals surface area contributed by atoms with E-state index in [0.717, 1.165) is 19.5 Å². The fourth-order valence-corrected chi connectivity index (χ4v) is 4.69. The molecule has 4 nitrogen and oxygen atoms in total. The van der Waals surface area contributed by atoms with Gasteiger partial charge in [-0.1, -0.05) is 6.92 Å². The van der Waals surface area contributed by atoms with Crippen LogP contribution < -0.4 is 0 Å². The molecule has 0 N–H and O–H groups in total. The number of fused-ring (bicyclic) bond motifs is 1. The van der Waals surface area contributed by atoms with E-state index in [9.17, 15) is 8.42 Å². The summed E-state index contributed by atoms with van der Waals surface area (Å²) in [4.78, 5) is 2.45. The maximum absolute atomic E-state index is 12.1. The summed E-state index contributed by atoms with van der Waals surface area (Å²) < 4.78 is 25.9. The van der Waals surface area contributed by atoms with Crippen LogP contribution in [-0.4, -0.2) is 55.1 Å². The van der Waals surface area contributed by atoms with E-state index in [2.05, 4.69) is 4.90 Å². The van der Waals surface area contributed by atoms with E-state index in [1.807, 2.05) is 13.8 Å². The lowest BCUT2D eigenvalue weighted by molar-refractivity contribution is 0.117. The zero-order chi connectivity index (χ0) is 11.8. The molecule has 2 saturated heterocycles. The van der Waals surface area contributed by atoms with Crippen LogP contribution in [0.3, 0.4) is 0 Å². The molecule has 0 aromatic heterocycles. The van der Waals surface area contributed by atoms with Gasteiger partial charge in [-0.15, -0.1) is 0 Å². The molecule has 0 amide bonds. The summed E-state index contributed by atoms with van der Waals surface area (Å²) in [5.74, 6) is 0.296. The van der Waals surface area contributed by atoms with Gasteiger partial charge in [-0.2, -0.15) is 4.31 Å². The third kappa shape index (κ3) is 2.26. The highest BCUT2D eigenvalue weighted by molar-refractivity contribution is 7.89. The molecule has 0 spiro atoms. The molecule has 0 radical (unpaired) electrons. The smallest absolute Gasteiger partial charge is 0.214 e. The molecule has 0 bridgehead atoms. The van der Waals surface area contributed by atoms with Crippen molar-refractivity contribution in [1.82, 2.24) is 9.21 Å². The van der Waals surface area contributed by atoms with Gasteiger partial charge in [-0.25, -0.2) is 8.42 Å². The van der Waals surface area contributed by atoms with Crippen molar-refractivity contribution in [2.24, 2.45) is 0 Å². The molecule has 2 aliphatic rings. The molecule has 2 rings (SSSR count). The first kappa shape index (κ1) is 12.3. The fraction of sp³-hybridized carbons (Fsp3) is 1.00. The number of nitrogens with zero attached hydrogens (tertiary/aromatic N) is 2. The number of hydrogen-bond acceptors (Lipinski definition) is 3. The highest BCUT2D eigenvalue weighted by Gasteiger charge is 2.39. The monoisotopic (exact) mass is 246 g/mol. The van der Waals surface area contributed by atoms with E-state index >= 15 is 0 Å². The summed E-state index contributed by atoms with van der Waals surface area (Å²) in [6.07, 6.45) is 3.09. The van der Waals surface area contributed by atoms with Gasteiger partial charge in [0.05, 0.1) is 5.75 Å². The second-order valence-electron chi connectivity index (χ2n) is 5.03. The van der Waals surface area contributed by atoms with E-state index in [1.165, 1.54) is 6.42 Å². The minimum atomic E-state index is -3.01. The lowest BCUT2D eigenvalue weighted by Crippen LogP contribution is -2.57. The van der Waals surface area contributed by atoms with Crippen LogP contribution in [0, 0.1) is 0 Å². The van der Waals surface area contributed by atoms with Crippen LogP contribution in [-0.2, 0) is 10.0 Å². The van der Waals surface area contributed by atoms with E-state index in [4.69, 9.17) is 0 Å². The largest absolute Gasteiger partial charge is 0.297 e. The number of hydrogen-bond donors (Lipinski definition) is 0. The summed E-state index contributed by atoms with van der Waals surface area (Å²) in [5, 5.41) is 0. The van der Waals surface area contributed by atoms with Crippen LogP contribution in [0.15, 0.2) is 0 Å². The van der Waals surface area contributed by atoms with Gasteiger partial charge in [0.2, 0.25) is 10.0 Å². The van der Waals surface area contributed by atoms with Crippen LogP contribution >= 0.6 is 0 Å². The molecular formula is C11H22N2O2S. The van der Waals surface area contributed by atoms with Gasteiger partial charge in [-0.3, -0.25) is 4.90 Å². The predicted molar refractivity (Wildman–Crippen MR) is 64.8 cm³/mol. The zero-order valence-electron chi connectivity index (χ0n) is 10.2. The molecule has 5 heteroatoms. The SMILES string of the molecule is CCCS(=O)(=O)N1C[C@H]2CCCN2C[C@@H]1C. The van der Waals surface area contributed by atoms with Gasteiger partial charge in [0.15, 0.2) is 0 Å². The van der Waals surface area contributed by atoms with Crippen molar-refractivity contribution in [3.63, 3.8) is 0 Å². The van der Waals surface area contributed by atoms with Crippen molar-refractivity contribution in [3.8, 4) is 0 Å². The molecule has 0 aromatic rings. The maximum Gasteiger partial charge on any atom is 0.214 e. The molecule has 0 unspecified atom stereocenters. The van der Waals surface area contributed by atoms with E-state index in [0.29, 0.717) is 24.8 Å². The Morgan fingerprint density at radius 2 is 2.06 bits per heavy atom. The molecule has 0 saturated carbocycles. The topological polar surface area (TPSA) is 40.6 Å². The summed E-state index contributed by atoms with van der Waals surface area (Å²) in [6.45, 7) is 6.73. The van der Waals surface area contributed by atoms with E-state index in [-0.39, 0.29) is 6.04 Å². The predicted octanol–water partition coefficient (Wildman–Crippen LogP) is 0.895. The highest BCUT2D eigenvalue weighted by Crippen LogP contribution is 2.26. The Morgan fingerprint density at radius 1 is 1.31 bits per heavy atom. The summed E-state index contributed by atoms with van der Waals surface area (Å²) in [5.41, 5.74) is 0. The first-order valence-corrected chi connectivity index (χ1v) is 7.89. The maximum atomic E-state index is 12.1. The lowest BCUT2D eigenvalue weighted by Gasteiger charge is -2.41. The minimum absolute atomic E-state index is 0.144. The Morgan fingerprint density at radius 3 is 2.75 bits per heavy atom. The third-order valence-corrected chi connectivity index (χ3v) is 5.85. The fourth-order valence-electron chi connectivity index (χ4n) is 2.92. The van der Waals surface area contributed by atoms with Crippen LogP contribution in [0.2, 0.25) is 0 Å². The molecule has 2 atom stereocenters. The highest BCUT2D eigenvalue weighted by atomic mass is 32.2. The zero-order valence-corrected chi connectivity index (χ0v) is 11.0. The average Bonchev–Trinajstić information content (AvgIpc) is 2.63. The average molecular weight is 246 g/mol. The van der Waals surface area contributed by atoms with E-state index in [1.54, 1.807) is 4.31 Å². The first-order chi connectivity index (χ1) is 7.54. The van der Waals surface area contributed by atoms with E-state index < -0.39 is 10.0 Å². The Hall–Kier alpha value is -0.130. The van der Waals surface area contributed by atoms with Crippen molar-refractivity contribution >= 4 is 10.0 Å². The minimum Gasteiger partial charge on any atom is -0.297 e. The van der Waals surface area contributed by atoms with Gasteiger partial charge in [0, 0.05) is 25.2 Å². The molecule has 0 aromatic carbocycles. The molecular weight excluding hydrogens is 224 g/mol. The molecule has 2 heterocycles. The van der Waals surface area contributed by atoms with Gasteiger partial charge in [0.1, 0.15) is 0 Å². The second kappa shape index (κ2) is 4.63. The van der Waals surface area contributed by atoms with Crippen molar-refractivity contribution < 1.29 is 8.42 Å². The standard InChI is InChI=1S/C11H22N2O2S/c1-3-7-16(14,15)13-9-11-5-4-6-12(11)8-10(13)2/h10-11H,3-9H2,1-2H3/t10-,11+/m0/s1. The quantitative estimate of drug-likeness (QED) is 0.743. The lowest BCUT2D eigenvalue weighted by atomic mass is 10.1. The van der Waals surface area contributed by atoms with Gasteiger partial charge >= 0.3 is 0 Å². The summed E-state index contributed by atoms with van der Waals surface area (Å²) in [6, 6.07) is 0.619. The van der Waals surface area contributed by atoms with Crippen molar-refractivity contribution in [2.75, 3.05) is 25.4 Å². The molecule has 2 fully saturated rings. The molecule has 0 aliphatic carbocycles. The number of sulfonamides is 1. The van der Waals surface area contributed by atoms with Crippen molar-refractivity contribution in [1.29, 1.82) is 0 Å². The second-order valence-corrected chi connectivity index (χ2v) is 7.07. The van der Waals surface area contributed by atoms with Crippen LogP contribution in [0.5, 0.6) is 0 Å². The molecule has 2 aliphatic heterocycles. The van der Waals surface area contributed by atoms with Crippen LogP contribution in [0.4, 0.5) is 0 Å². The Kier molecular flexibility index (Phi) is 3.56. The van der Waals surface area contributed by atoms with Crippen molar-refractivity contribution in [2.45, 2.75) is 45.2 Å². The third-order valence-electron chi connectivity index (χ3n) is 3.70. The Labute approximate surface area is 98.7 Å². The first-order valence-electron chi connectivity index (χ1n) is 6.28. The van der Waals surface area contributed by atoms with Gasteiger partial charge < -0.3 is 0 Å². The summed E-state index contributed by atoms with van der Waals surface area (Å²) >= 11 is 0. The summed E-state index contributed by atoms with van der Waals surface area (Å²) in [7, 11) is -3.01. The van der Waals surface area contributed by atoms with Crippen molar-refractivity contribution in [3.05, 3.63) is 0 Å². The Bertz CT molecular complexity index is 342. The van der Waals surface area contributed by atoms with Crippen LogP contribution in [0.1, 0.15) is 33.1 Å². The number of rotatable bonds is 3. The normalized spacial score (nSPS) is 32.9. The molecule has 94 valence electrons. The van der Waals surface area contributed by atoms with Crippen LogP contribution in [0.25, 0.3) is 0 Å². The Balaban J connectivity index is 2.10. The van der Waals surface area contributed by atoms with Gasteiger partial charge in [0.25, 0.3) is 0 Å².